The molecular weight excluding hydrogens is 266 g/mol. The lowest BCUT2D eigenvalue weighted by Crippen LogP contribution is -2.46. The highest BCUT2D eigenvalue weighted by molar-refractivity contribution is 7.91. The van der Waals surface area contributed by atoms with Crippen molar-refractivity contribution >= 4 is 15.7 Å². The van der Waals surface area contributed by atoms with Gasteiger partial charge in [-0.2, -0.15) is 5.10 Å². The molecule has 0 spiro atoms. The number of carbonyl (C=O) groups is 1. The van der Waals surface area contributed by atoms with Gasteiger partial charge in [0.25, 0.3) is 0 Å². The summed E-state index contributed by atoms with van der Waals surface area (Å²) in [4.78, 5) is 13.9. The summed E-state index contributed by atoms with van der Waals surface area (Å²) in [5, 5.41) is 4.25. The molecule has 2 rings (SSSR count). The summed E-state index contributed by atoms with van der Waals surface area (Å²) in [6.07, 6.45) is 1.85. The summed E-state index contributed by atoms with van der Waals surface area (Å²) in [5.74, 6) is -0.0401. The van der Waals surface area contributed by atoms with Gasteiger partial charge in [0.1, 0.15) is 0 Å². The fraction of sp³-hybridized carbons (Fsp3) is 0.667. The van der Waals surface area contributed by atoms with Crippen molar-refractivity contribution in [1.82, 2.24) is 14.7 Å². The first-order valence-corrected chi connectivity index (χ1v) is 8.19. The van der Waals surface area contributed by atoms with Crippen LogP contribution in [0.25, 0.3) is 0 Å². The first-order valence-electron chi connectivity index (χ1n) is 6.37. The minimum Gasteiger partial charge on any atom is -0.340 e. The van der Waals surface area contributed by atoms with Crippen LogP contribution in [0.3, 0.4) is 0 Å². The number of rotatable bonds is 3. The Morgan fingerprint density at radius 3 is 2.58 bits per heavy atom. The molecule has 19 heavy (non-hydrogen) atoms. The van der Waals surface area contributed by atoms with E-state index in [0.717, 1.165) is 5.69 Å². The fourth-order valence-electron chi connectivity index (χ4n) is 2.17. The van der Waals surface area contributed by atoms with Gasteiger partial charge in [-0.05, 0) is 13.0 Å². The molecule has 0 unspecified atom stereocenters. The average Bonchev–Trinajstić information content (AvgIpc) is 2.74. The third-order valence-electron chi connectivity index (χ3n) is 3.31. The second-order valence-corrected chi connectivity index (χ2v) is 7.36. The summed E-state index contributed by atoms with van der Waals surface area (Å²) in [5.41, 5.74) is 0.920. The van der Waals surface area contributed by atoms with Crippen LogP contribution in [-0.4, -0.2) is 53.6 Å². The Morgan fingerprint density at radius 1 is 1.42 bits per heavy atom. The highest BCUT2D eigenvalue weighted by Crippen LogP contribution is 2.10. The van der Waals surface area contributed by atoms with E-state index in [1.165, 1.54) is 0 Å². The Morgan fingerprint density at radius 2 is 2.05 bits per heavy atom. The Labute approximate surface area is 113 Å². The minimum absolute atomic E-state index is 0.00283. The zero-order valence-electron chi connectivity index (χ0n) is 11.2. The van der Waals surface area contributed by atoms with Gasteiger partial charge in [0, 0.05) is 19.3 Å². The van der Waals surface area contributed by atoms with Crippen molar-refractivity contribution < 1.29 is 13.2 Å². The summed E-state index contributed by atoms with van der Waals surface area (Å²) < 4.78 is 24.4. The predicted octanol–water partition coefficient (Wildman–Crippen LogP) is 0.0846. The van der Waals surface area contributed by atoms with Crippen molar-refractivity contribution in [2.45, 2.75) is 20.4 Å². The van der Waals surface area contributed by atoms with Crippen molar-refractivity contribution in [3.63, 3.8) is 0 Å². The molecular formula is C12H19N3O3S. The van der Waals surface area contributed by atoms with Crippen molar-refractivity contribution in [2.75, 3.05) is 24.6 Å². The number of aromatic nitrogens is 2. The predicted molar refractivity (Wildman–Crippen MR) is 71.4 cm³/mol. The van der Waals surface area contributed by atoms with E-state index < -0.39 is 9.84 Å². The zero-order valence-corrected chi connectivity index (χ0v) is 12.1. The number of hydrogen-bond donors (Lipinski definition) is 0. The molecule has 1 aliphatic rings. The van der Waals surface area contributed by atoms with Crippen molar-refractivity contribution in [3.8, 4) is 0 Å². The summed E-state index contributed by atoms with van der Waals surface area (Å²) >= 11 is 0. The first-order chi connectivity index (χ1) is 8.87. The van der Waals surface area contributed by atoms with Crippen LogP contribution in [0.1, 0.15) is 12.6 Å². The molecule has 0 aliphatic carbocycles. The van der Waals surface area contributed by atoms with Crippen LogP contribution in [0, 0.1) is 12.8 Å². The maximum atomic E-state index is 12.2. The van der Waals surface area contributed by atoms with Gasteiger partial charge >= 0.3 is 0 Å². The monoisotopic (exact) mass is 285 g/mol. The average molecular weight is 285 g/mol. The van der Waals surface area contributed by atoms with E-state index in [9.17, 15) is 13.2 Å². The highest BCUT2D eigenvalue weighted by atomic mass is 32.2. The van der Waals surface area contributed by atoms with E-state index in [1.807, 2.05) is 26.1 Å². The van der Waals surface area contributed by atoms with Gasteiger partial charge in [-0.1, -0.05) is 6.92 Å². The molecule has 0 saturated carbocycles. The molecule has 1 aliphatic heterocycles. The number of aryl methyl sites for hydroxylation is 1. The van der Waals surface area contributed by atoms with E-state index in [4.69, 9.17) is 0 Å². The SMILES string of the molecule is Cc1ccn(C[C@@H](C)C(=O)N2CCS(=O)(=O)CC2)n1. The molecule has 0 aromatic carbocycles. The Kier molecular flexibility index (Phi) is 3.93. The van der Waals surface area contributed by atoms with Gasteiger partial charge in [0.05, 0.1) is 29.7 Å². The summed E-state index contributed by atoms with van der Waals surface area (Å²) in [6, 6.07) is 1.89. The minimum atomic E-state index is -2.94. The van der Waals surface area contributed by atoms with E-state index in [0.29, 0.717) is 19.6 Å². The van der Waals surface area contributed by atoms with Crippen LogP contribution in [0.5, 0.6) is 0 Å². The van der Waals surface area contributed by atoms with Crippen LogP contribution < -0.4 is 0 Å². The molecule has 6 nitrogen and oxygen atoms in total. The van der Waals surface area contributed by atoms with Gasteiger partial charge in [0.2, 0.25) is 5.91 Å². The number of sulfone groups is 1. The lowest BCUT2D eigenvalue weighted by atomic mass is 10.1. The molecule has 2 heterocycles. The maximum absolute atomic E-state index is 12.2. The van der Waals surface area contributed by atoms with Crippen LogP contribution in [0.15, 0.2) is 12.3 Å². The maximum Gasteiger partial charge on any atom is 0.227 e. The normalized spacial score (nSPS) is 20.2. The van der Waals surface area contributed by atoms with Crippen molar-refractivity contribution in [1.29, 1.82) is 0 Å². The molecule has 7 heteroatoms. The van der Waals surface area contributed by atoms with Gasteiger partial charge in [-0.25, -0.2) is 8.42 Å². The van der Waals surface area contributed by atoms with Gasteiger partial charge in [-0.15, -0.1) is 0 Å². The Balaban J connectivity index is 1.92. The largest absolute Gasteiger partial charge is 0.340 e. The van der Waals surface area contributed by atoms with E-state index in [2.05, 4.69) is 5.10 Å². The molecule has 106 valence electrons. The fourth-order valence-corrected chi connectivity index (χ4v) is 3.37. The molecule has 0 bridgehead atoms. The van der Waals surface area contributed by atoms with E-state index in [-0.39, 0.29) is 23.3 Å². The molecule has 0 N–H and O–H groups in total. The molecule has 1 saturated heterocycles. The van der Waals surface area contributed by atoms with Crippen molar-refractivity contribution in [2.24, 2.45) is 5.92 Å². The first kappa shape index (κ1) is 14.0. The third-order valence-corrected chi connectivity index (χ3v) is 4.92. The standard InChI is InChI=1S/C12H19N3O3S/c1-10(9-15-4-3-11(2)13-15)12(16)14-5-7-19(17,18)8-6-14/h3-4,10H,5-9H2,1-2H3/t10-/m1/s1. The quantitative estimate of drug-likeness (QED) is 0.788. The Hall–Kier alpha value is -1.37. The Bertz CT molecular complexity index is 551. The molecule has 1 aromatic heterocycles. The number of nitrogens with zero attached hydrogens (tertiary/aromatic N) is 3. The van der Waals surface area contributed by atoms with Crippen LogP contribution >= 0.6 is 0 Å². The van der Waals surface area contributed by atoms with E-state index >= 15 is 0 Å². The molecule has 1 atom stereocenters. The number of amides is 1. The van der Waals surface area contributed by atoms with Crippen LogP contribution in [0.2, 0.25) is 0 Å². The molecule has 1 amide bonds. The number of hydrogen-bond acceptors (Lipinski definition) is 4. The molecule has 1 fully saturated rings. The topological polar surface area (TPSA) is 72.3 Å². The van der Waals surface area contributed by atoms with Crippen LogP contribution in [0.4, 0.5) is 0 Å². The lowest BCUT2D eigenvalue weighted by Gasteiger charge is -2.29. The lowest BCUT2D eigenvalue weighted by molar-refractivity contribution is -0.135. The van der Waals surface area contributed by atoms with Crippen molar-refractivity contribution in [3.05, 3.63) is 18.0 Å². The van der Waals surface area contributed by atoms with Gasteiger partial charge in [-0.3, -0.25) is 9.48 Å². The second kappa shape index (κ2) is 5.32. The van der Waals surface area contributed by atoms with Gasteiger partial charge in [0.15, 0.2) is 9.84 Å². The van der Waals surface area contributed by atoms with Crippen LogP contribution in [-0.2, 0) is 21.2 Å². The highest BCUT2D eigenvalue weighted by Gasteiger charge is 2.27. The molecule has 0 radical (unpaired) electrons. The summed E-state index contributed by atoms with van der Waals surface area (Å²) in [7, 11) is -2.94. The van der Waals surface area contributed by atoms with Gasteiger partial charge < -0.3 is 4.90 Å². The van der Waals surface area contributed by atoms with E-state index in [1.54, 1.807) is 9.58 Å². The summed E-state index contributed by atoms with van der Waals surface area (Å²) in [6.45, 7) is 4.89. The molecule has 1 aromatic rings. The third kappa shape index (κ3) is 3.56. The smallest absolute Gasteiger partial charge is 0.227 e. The number of carbonyl (C=O) groups excluding carboxylic acids is 1. The zero-order chi connectivity index (χ0) is 14.0. The second-order valence-electron chi connectivity index (χ2n) is 5.06.